The highest BCUT2D eigenvalue weighted by Crippen LogP contribution is 2.30. The first-order chi connectivity index (χ1) is 14.1. The average molecular weight is 391 g/mol. The lowest BCUT2D eigenvalue weighted by Gasteiger charge is -2.36. The summed E-state index contributed by atoms with van der Waals surface area (Å²) in [4.78, 5) is 19.6. The molecule has 4 nitrogen and oxygen atoms in total. The monoisotopic (exact) mass is 391 g/mol. The Bertz CT molecular complexity index is 993. The number of pyridine rings is 1. The number of likely N-dealkylation sites (tertiary alicyclic amines) is 1. The Balaban J connectivity index is 1.34. The van der Waals surface area contributed by atoms with E-state index in [0.717, 1.165) is 42.4 Å². The van der Waals surface area contributed by atoms with Crippen LogP contribution in [0.15, 0.2) is 60.8 Å². The molecule has 1 fully saturated rings. The minimum absolute atomic E-state index is 0.0117. The van der Waals surface area contributed by atoms with Gasteiger partial charge in [0, 0.05) is 30.1 Å². The maximum atomic E-state index is 13.3. The van der Waals surface area contributed by atoms with Crippen LogP contribution in [0.2, 0.25) is 0 Å². The lowest BCUT2D eigenvalue weighted by molar-refractivity contribution is -0.126. The first-order valence-corrected chi connectivity index (χ1v) is 10.2. The standard InChI is InChI=1S/C24H26FN3O/c1-17(22-9-3-6-19-7-4-12-26-23(19)22)28-13-10-20(11-14-28)24(29)27-16-18-5-2-8-21(25)15-18/h2-9,12,15,17,20H,10-11,13-14,16H2,1H3,(H,27,29). The Morgan fingerprint density at radius 3 is 2.72 bits per heavy atom. The predicted molar refractivity (Wildman–Crippen MR) is 113 cm³/mol. The molecule has 1 aliphatic rings. The highest BCUT2D eigenvalue weighted by atomic mass is 19.1. The zero-order valence-electron chi connectivity index (χ0n) is 16.6. The Kier molecular flexibility index (Phi) is 5.86. The molecule has 0 spiro atoms. The van der Waals surface area contributed by atoms with Crippen molar-refractivity contribution in [3.05, 3.63) is 77.7 Å². The van der Waals surface area contributed by atoms with Crippen LogP contribution in [-0.4, -0.2) is 28.9 Å². The molecular formula is C24H26FN3O. The van der Waals surface area contributed by atoms with Gasteiger partial charge in [-0.1, -0.05) is 36.4 Å². The number of hydrogen-bond donors (Lipinski definition) is 1. The van der Waals surface area contributed by atoms with Crippen molar-refractivity contribution in [1.29, 1.82) is 0 Å². The zero-order chi connectivity index (χ0) is 20.2. The number of aromatic nitrogens is 1. The number of fused-ring (bicyclic) bond motifs is 1. The molecule has 0 aliphatic carbocycles. The van der Waals surface area contributed by atoms with Gasteiger partial charge in [0.2, 0.25) is 5.91 Å². The molecule has 3 aromatic rings. The summed E-state index contributed by atoms with van der Waals surface area (Å²) in [5.41, 5.74) is 3.07. The van der Waals surface area contributed by atoms with E-state index in [4.69, 9.17) is 0 Å². The second-order valence-corrected chi connectivity index (χ2v) is 7.76. The molecule has 4 rings (SSSR count). The molecule has 1 atom stereocenters. The minimum atomic E-state index is -0.276. The van der Waals surface area contributed by atoms with Crippen LogP contribution in [0.5, 0.6) is 0 Å². The van der Waals surface area contributed by atoms with Gasteiger partial charge >= 0.3 is 0 Å². The lowest BCUT2D eigenvalue weighted by atomic mass is 9.93. The molecule has 1 amide bonds. The van der Waals surface area contributed by atoms with Crippen LogP contribution in [0.3, 0.4) is 0 Å². The van der Waals surface area contributed by atoms with Crippen LogP contribution < -0.4 is 5.32 Å². The molecule has 1 N–H and O–H groups in total. The van der Waals surface area contributed by atoms with E-state index in [1.165, 1.54) is 17.7 Å². The Morgan fingerprint density at radius 1 is 1.17 bits per heavy atom. The number of rotatable bonds is 5. The maximum Gasteiger partial charge on any atom is 0.223 e. The van der Waals surface area contributed by atoms with E-state index < -0.39 is 0 Å². The molecule has 2 aromatic carbocycles. The molecule has 5 heteroatoms. The highest BCUT2D eigenvalue weighted by molar-refractivity contribution is 5.82. The van der Waals surface area contributed by atoms with Gasteiger partial charge in [-0.05, 0) is 62.2 Å². The van der Waals surface area contributed by atoms with Crippen molar-refractivity contribution in [2.24, 2.45) is 5.92 Å². The Morgan fingerprint density at radius 2 is 1.93 bits per heavy atom. The fourth-order valence-corrected chi connectivity index (χ4v) is 4.19. The van der Waals surface area contributed by atoms with Gasteiger partial charge in [-0.2, -0.15) is 0 Å². The largest absolute Gasteiger partial charge is 0.352 e. The third-order valence-electron chi connectivity index (χ3n) is 5.92. The number of benzene rings is 2. The van der Waals surface area contributed by atoms with Crippen molar-refractivity contribution in [3.8, 4) is 0 Å². The lowest BCUT2D eigenvalue weighted by Crippen LogP contribution is -2.41. The SMILES string of the molecule is CC(c1cccc2cccnc12)N1CCC(C(=O)NCc2cccc(F)c2)CC1. The molecule has 29 heavy (non-hydrogen) atoms. The van der Waals surface area contributed by atoms with E-state index in [0.29, 0.717) is 6.54 Å². The van der Waals surface area contributed by atoms with Gasteiger partial charge in [0.05, 0.1) is 5.52 Å². The summed E-state index contributed by atoms with van der Waals surface area (Å²) in [6, 6.07) is 17.0. The molecule has 1 unspecified atom stereocenters. The molecular weight excluding hydrogens is 365 g/mol. The summed E-state index contributed by atoms with van der Waals surface area (Å²) in [5.74, 6) is -0.201. The van der Waals surface area contributed by atoms with Gasteiger partial charge in [0.1, 0.15) is 5.82 Å². The number of piperidine rings is 1. The smallest absolute Gasteiger partial charge is 0.223 e. The van der Waals surface area contributed by atoms with E-state index in [1.54, 1.807) is 6.07 Å². The third kappa shape index (κ3) is 4.46. The zero-order valence-corrected chi connectivity index (χ0v) is 16.6. The number of para-hydroxylation sites is 1. The molecule has 1 aliphatic heterocycles. The van der Waals surface area contributed by atoms with Crippen molar-refractivity contribution in [1.82, 2.24) is 15.2 Å². The van der Waals surface area contributed by atoms with Crippen molar-refractivity contribution in [2.45, 2.75) is 32.4 Å². The number of amides is 1. The topological polar surface area (TPSA) is 45.2 Å². The summed E-state index contributed by atoms with van der Waals surface area (Å²) >= 11 is 0. The van der Waals surface area contributed by atoms with E-state index in [1.807, 2.05) is 18.3 Å². The quantitative estimate of drug-likeness (QED) is 0.698. The maximum absolute atomic E-state index is 13.3. The summed E-state index contributed by atoms with van der Waals surface area (Å²) < 4.78 is 13.3. The highest BCUT2D eigenvalue weighted by Gasteiger charge is 2.28. The number of nitrogens with zero attached hydrogens (tertiary/aromatic N) is 2. The van der Waals surface area contributed by atoms with Crippen LogP contribution in [0.25, 0.3) is 10.9 Å². The second-order valence-electron chi connectivity index (χ2n) is 7.76. The third-order valence-corrected chi connectivity index (χ3v) is 5.92. The Labute approximate surface area is 170 Å². The average Bonchev–Trinajstić information content (AvgIpc) is 2.77. The predicted octanol–water partition coefficient (Wildman–Crippen LogP) is 4.46. The molecule has 0 radical (unpaired) electrons. The van der Waals surface area contributed by atoms with Crippen LogP contribution in [0.4, 0.5) is 4.39 Å². The van der Waals surface area contributed by atoms with Gasteiger partial charge in [-0.25, -0.2) is 4.39 Å². The van der Waals surface area contributed by atoms with E-state index in [9.17, 15) is 9.18 Å². The fourth-order valence-electron chi connectivity index (χ4n) is 4.19. The molecule has 1 aromatic heterocycles. The Hall–Kier alpha value is -2.79. The number of nitrogens with one attached hydrogen (secondary N) is 1. The molecule has 1 saturated heterocycles. The number of carbonyl (C=O) groups is 1. The van der Waals surface area contributed by atoms with Crippen molar-refractivity contribution in [3.63, 3.8) is 0 Å². The normalized spacial score (nSPS) is 16.6. The van der Waals surface area contributed by atoms with Crippen LogP contribution in [-0.2, 0) is 11.3 Å². The van der Waals surface area contributed by atoms with E-state index in [2.05, 4.69) is 46.4 Å². The van der Waals surface area contributed by atoms with Crippen molar-refractivity contribution < 1.29 is 9.18 Å². The van der Waals surface area contributed by atoms with E-state index in [-0.39, 0.29) is 23.7 Å². The summed E-state index contributed by atoms with van der Waals surface area (Å²) in [5, 5.41) is 4.12. The van der Waals surface area contributed by atoms with Crippen molar-refractivity contribution in [2.75, 3.05) is 13.1 Å². The summed E-state index contributed by atoms with van der Waals surface area (Å²) in [7, 11) is 0. The molecule has 0 saturated carbocycles. The van der Waals surface area contributed by atoms with Gasteiger partial charge in [0.25, 0.3) is 0 Å². The van der Waals surface area contributed by atoms with Gasteiger partial charge in [-0.3, -0.25) is 14.7 Å². The second kappa shape index (κ2) is 8.70. The number of halogens is 1. The van der Waals surface area contributed by atoms with Crippen molar-refractivity contribution >= 4 is 16.8 Å². The first-order valence-electron chi connectivity index (χ1n) is 10.2. The van der Waals surface area contributed by atoms with Crippen LogP contribution in [0, 0.1) is 11.7 Å². The molecule has 150 valence electrons. The first kappa shape index (κ1) is 19.5. The molecule has 0 bridgehead atoms. The number of carbonyl (C=O) groups excluding carboxylic acids is 1. The fraction of sp³-hybridized carbons (Fsp3) is 0.333. The van der Waals surface area contributed by atoms with Gasteiger partial charge in [0.15, 0.2) is 0 Å². The summed E-state index contributed by atoms with van der Waals surface area (Å²) in [6.07, 6.45) is 3.50. The summed E-state index contributed by atoms with van der Waals surface area (Å²) in [6.45, 7) is 4.34. The van der Waals surface area contributed by atoms with Gasteiger partial charge in [-0.15, -0.1) is 0 Å². The van der Waals surface area contributed by atoms with E-state index >= 15 is 0 Å². The van der Waals surface area contributed by atoms with Crippen LogP contribution in [0.1, 0.15) is 36.9 Å². The van der Waals surface area contributed by atoms with Crippen LogP contribution >= 0.6 is 0 Å². The minimum Gasteiger partial charge on any atom is -0.352 e. The molecule has 2 heterocycles. The van der Waals surface area contributed by atoms with Gasteiger partial charge < -0.3 is 5.32 Å². The number of hydrogen-bond acceptors (Lipinski definition) is 3.